The third-order valence-electron chi connectivity index (χ3n) is 12.0. The number of aromatic amines is 2. The Balaban J connectivity index is 1.10. The van der Waals surface area contributed by atoms with Crippen molar-refractivity contribution in [1.82, 2.24) is 40.6 Å². The summed E-state index contributed by atoms with van der Waals surface area (Å²) >= 11 is 2.07. The number of H-pyrrole nitrogens is 2. The van der Waals surface area contributed by atoms with Crippen LogP contribution in [0.15, 0.2) is 47.8 Å². The Kier molecular flexibility index (Phi) is 12.4. The number of carbonyl (C=O) groups excluding carboxylic acids is 2. The molecule has 5 aliphatic rings. The van der Waals surface area contributed by atoms with Gasteiger partial charge in [0.25, 0.3) is 0 Å². The first-order valence-electron chi connectivity index (χ1n) is 20.5. The maximum atomic E-state index is 13.7. The molecule has 0 aromatic carbocycles. The number of nitrogens with two attached hydrogens (primary N) is 1. The average Bonchev–Trinajstić information content (AvgIpc) is 4.00. The number of aromatic nitrogens is 4. The van der Waals surface area contributed by atoms with Crippen LogP contribution in [0.25, 0.3) is 11.1 Å². The molecule has 3 aliphatic heterocycles. The lowest BCUT2D eigenvalue weighted by Crippen LogP contribution is -2.51. The van der Waals surface area contributed by atoms with Crippen LogP contribution in [0.3, 0.4) is 0 Å². The Hall–Kier alpha value is -3.65. The lowest BCUT2D eigenvalue weighted by atomic mass is 9.75. The molecule has 6 N–H and O–H groups in total. The van der Waals surface area contributed by atoms with Gasteiger partial charge in [-0.05, 0) is 90.7 Å². The first-order chi connectivity index (χ1) is 26.5. The van der Waals surface area contributed by atoms with Crippen molar-refractivity contribution in [1.29, 1.82) is 0 Å². The zero-order valence-electron chi connectivity index (χ0n) is 33.4. The SMILES string of the molecule is COC(=O)NC(C(=O)N1CCCC1c1ncc(C2=CC=C(C3=CC=C(c4cnc(C5CCCN5NCC(C)C)[nH]4)C4C(N)CC(C)CSC34)CC2)[nH]1)C(C)C. The minimum absolute atomic E-state index is 0.0557. The van der Waals surface area contributed by atoms with Gasteiger partial charge in [-0.15, -0.1) is 0 Å². The number of nitrogens with one attached hydrogen (secondary N) is 4. The molecule has 2 amide bonds. The van der Waals surface area contributed by atoms with Crippen molar-refractivity contribution in [3.8, 4) is 0 Å². The molecule has 7 atom stereocenters. The summed E-state index contributed by atoms with van der Waals surface area (Å²) in [5, 5.41) is 5.38. The summed E-state index contributed by atoms with van der Waals surface area (Å²) in [5.74, 6) is 4.07. The number of nitrogens with zero attached hydrogens (tertiary/aromatic N) is 4. The summed E-state index contributed by atoms with van der Waals surface area (Å²) in [5.41, 5.74) is 18.1. The lowest BCUT2D eigenvalue weighted by Gasteiger charge is -2.36. The Labute approximate surface area is 330 Å². The number of carbonyl (C=O) groups is 2. The molecule has 0 spiro atoms. The van der Waals surface area contributed by atoms with Gasteiger partial charge in [0, 0.05) is 36.8 Å². The maximum Gasteiger partial charge on any atom is 0.407 e. The van der Waals surface area contributed by atoms with Crippen molar-refractivity contribution >= 4 is 34.9 Å². The predicted octanol–water partition coefficient (Wildman–Crippen LogP) is 6.69. The number of imidazole rings is 2. The summed E-state index contributed by atoms with van der Waals surface area (Å²) in [7, 11) is 1.31. The molecule has 0 radical (unpaired) electrons. The zero-order valence-corrected chi connectivity index (χ0v) is 34.3. The number of rotatable bonds is 11. The van der Waals surface area contributed by atoms with Crippen LogP contribution in [0.5, 0.6) is 0 Å². The van der Waals surface area contributed by atoms with Crippen LogP contribution in [0.1, 0.15) is 115 Å². The molecule has 55 heavy (non-hydrogen) atoms. The molecule has 0 saturated carbocycles. The van der Waals surface area contributed by atoms with Crippen LogP contribution in [-0.4, -0.2) is 91.7 Å². The molecule has 3 fully saturated rings. The number of fused-ring (bicyclic) bond motifs is 1. The highest BCUT2D eigenvalue weighted by molar-refractivity contribution is 8.00. The number of methoxy groups -OCH3 is 1. The molecule has 3 saturated heterocycles. The first-order valence-corrected chi connectivity index (χ1v) is 21.5. The number of allylic oxidation sites excluding steroid dienone is 6. The fourth-order valence-electron chi connectivity index (χ4n) is 9.05. The summed E-state index contributed by atoms with van der Waals surface area (Å²) in [6, 6.07) is -0.513. The fraction of sp³-hybridized carbons (Fsp3) is 0.619. The molecule has 7 rings (SSSR count). The molecule has 2 aliphatic carbocycles. The van der Waals surface area contributed by atoms with E-state index < -0.39 is 12.1 Å². The van der Waals surface area contributed by atoms with Crippen molar-refractivity contribution in [3.63, 3.8) is 0 Å². The van der Waals surface area contributed by atoms with Gasteiger partial charge in [-0.25, -0.2) is 19.8 Å². The van der Waals surface area contributed by atoms with E-state index in [0.29, 0.717) is 18.4 Å². The topological polar surface area (TPSA) is 157 Å². The highest BCUT2D eigenvalue weighted by atomic mass is 32.2. The number of amides is 2. The maximum absolute atomic E-state index is 13.7. The minimum atomic E-state index is -0.659. The molecule has 5 heterocycles. The van der Waals surface area contributed by atoms with Gasteiger partial charge < -0.3 is 30.7 Å². The van der Waals surface area contributed by atoms with Gasteiger partial charge in [0.2, 0.25) is 5.91 Å². The molecule has 2 aromatic heterocycles. The molecule has 298 valence electrons. The minimum Gasteiger partial charge on any atom is -0.453 e. The number of hydrazine groups is 1. The molecule has 7 unspecified atom stereocenters. The number of ether oxygens (including phenoxy) is 1. The third kappa shape index (κ3) is 8.55. The average molecular weight is 772 g/mol. The van der Waals surface area contributed by atoms with Crippen molar-refractivity contribution in [2.45, 2.75) is 109 Å². The van der Waals surface area contributed by atoms with Crippen LogP contribution in [0.4, 0.5) is 4.79 Å². The van der Waals surface area contributed by atoms with Crippen LogP contribution >= 0.6 is 11.8 Å². The summed E-state index contributed by atoms with van der Waals surface area (Å²) in [6.07, 6.45) is 19.3. The van der Waals surface area contributed by atoms with Crippen LogP contribution < -0.4 is 16.5 Å². The highest BCUT2D eigenvalue weighted by Crippen LogP contribution is 2.48. The van der Waals surface area contributed by atoms with Gasteiger partial charge in [0.1, 0.15) is 17.7 Å². The second-order valence-electron chi connectivity index (χ2n) is 16.9. The predicted molar refractivity (Wildman–Crippen MR) is 219 cm³/mol. The monoisotopic (exact) mass is 771 g/mol. The van der Waals surface area contributed by atoms with Crippen LogP contribution in [-0.2, 0) is 9.53 Å². The number of hydrogen-bond acceptors (Lipinski definition) is 9. The normalized spacial score (nSPS) is 28.0. The zero-order chi connectivity index (χ0) is 38.8. The molecule has 0 bridgehead atoms. The molecular weight excluding hydrogens is 711 g/mol. The van der Waals surface area contributed by atoms with Gasteiger partial charge in [-0.3, -0.25) is 10.2 Å². The Morgan fingerprint density at radius 1 is 0.945 bits per heavy atom. The molecule has 12 nitrogen and oxygen atoms in total. The van der Waals surface area contributed by atoms with E-state index in [1.165, 1.54) is 29.4 Å². The van der Waals surface area contributed by atoms with E-state index in [-0.39, 0.29) is 41.1 Å². The van der Waals surface area contributed by atoms with E-state index in [4.69, 9.17) is 20.4 Å². The summed E-state index contributed by atoms with van der Waals surface area (Å²) in [6.45, 7) is 13.3. The van der Waals surface area contributed by atoms with Crippen molar-refractivity contribution < 1.29 is 14.3 Å². The van der Waals surface area contributed by atoms with Crippen LogP contribution in [0, 0.1) is 23.7 Å². The van der Waals surface area contributed by atoms with E-state index in [1.807, 2.05) is 31.1 Å². The Morgan fingerprint density at radius 3 is 2.35 bits per heavy atom. The second-order valence-corrected chi connectivity index (χ2v) is 18.1. The molecule has 2 aromatic rings. The second kappa shape index (κ2) is 17.2. The largest absolute Gasteiger partial charge is 0.453 e. The van der Waals surface area contributed by atoms with E-state index >= 15 is 0 Å². The molecular formula is C42H61N9O3S. The Bertz CT molecular complexity index is 1820. The van der Waals surface area contributed by atoms with Gasteiger partial charge in [-0.1, -0.05) is 58.9 Å². The summed E-state index contributed by atoms with van der Waals surface area (Å²) in [4.78, 5) is 44.6. The summed E-state index contributed by atoms with van der Waals surface area (Å²) < 4.78 is 4.80. The van der Waals surface area contributed by atoms with E-state index in [1.54, 1.807) is 0 Å². The number of likely N-dealkylation sites (tertiary alicyclic amines) is 1. The van der Waals surface area contributed by atoms with Crippen molar-refractivity contribution in [2.24, 2.45) is 29.4 Å². The lowest BCUT2D eigenvalue weighted by molar-refractivity contribution is -0.135. The van der Waals surface area contributed by atoms with Crippen molar-refractivity contribution in [3.05, 3.63) is 70.9 Å². The van der Waals surface area contributed by atoms with Gasteiger partial charge >= 0.3 is 6.09 Å². The van der Waals surface area contributed by atoms with Crippen molar-refractivity contribution in [2.75, 3.05) is 32.5 Å². The van der Waals surface area contributed by atoms with Gasteiger partial charge in [-0.2, -0.15) is 11.8 Å². The van der Waals surface area contributed by atoms with Gasteiger partial charge in [0.15, 0.2) is 0 Å². The molecule has 13 heteroatoms. The van der Waals surface area contributed by atoms with Crippen LogP contribution in [0.2, 0.25) is 0 Å². The number of alkyl carbamates (subject to hydrolysis) is 1. The van der Waals surface area contributed by atoms with E-state index in [2.05, 4.69) is 82.6 Å². The Morgan fingerprint density at radius 2 is 1.62 bits per heavy atom. The highest BCUT2D eigenvalue weighted by Gasteiger charge is 2.41. The van der Waals surface area contributed by atoms with Gasteiger partial charge in [0.05, 0.1) is 43.0 Å². The van der Waals surface area contributed by atoms with E-state index in [0.717, 1.165) is 86.8 Å². The quantitative estimate of drug-likeness (QED) is 0.168. The number of thioether (sulfide) groups is 1. The first kappa shape index (κ1) is 39.6. The smallest absolute Gasteiger partial charge is 0.407 e. The standard InChI is InChI=1S/C42H61N9O3S/c1-24(2)20-46-51-18-8-10-35(51)40-45-22-33(48-40)30-16-15-29(38-36(30)31(43)19-26(5)23-55-38)27-11-13-28(14-12-27)32-21-44-39(47-32)34-9-7-17-50(34)41(52)37(25(3)4)49-42(53)54-6/h11,13,15-16,21-22,24-26,31,34-38,46H,7-10,12,14,17-20,23,43H2,1-6H3,(H,44,47)(H,45,48)(H,49,53). The number of hydrogen-bond donors (Lipinski definition) is 5. The third-order valence-corrected chi connectivity index (χ3v) is 13.7. The fourth-order valence-corrected chi connectivity index (χ4v) is 10.7. The van der Waals surface area contributed by atoms with E-state index in [9.17, 15) is 9.59 Å².